The summed E-state index contributed by atoms with van der Waals surface area (Å²) in [6.45, 7) is 2.77. The zero-order chi connectivity index (χ0) is 13.1. The summed E-state index contributed by atoms with van der Waals surface area (Å²) in [4.78, 5) is 29.2. The number of carbonyl (C=O) groups is 2. The Morgan fingerprint density at radius 3 is 2.95 bits per heavy atom. The minimum Gasteiger partial charge on any atom is -0.397 e. The van der Waals surface area contributed by atoms with Crippen molar-refractivity contribution < 1.29 is 9.59 Å². The average Bonchev–Trinajstić information content (AvgIpc) is 2.35. The summed E-state index contributed by atoms with van der Waals surface area (Å²) in [6.07, 6.45) is 1.72. The van der Waals surface area contributed by atoms with E-state index >= 15 is 0 Å². The van der Waals surface area contributed by atoms with Crippen molar-refractivity contribution in [3.63, 3.8) is 0 Å². The molecule has 104 valence electrons. The first-order valence-corrected chi connectivity index (χ1v) is 5.85. The molecule has 19 heavy (non-hydrogen) atoms. The van der Waals surface area contributed by atoms with Crippen molar-refractivity contribution in [2.24, 2.45) is 0 Å². The Kier molecular flexibility index (Phi) is 5.11. The van der Waals surface area contributed by atoms with Gasteiger partial charge < -0.3 is 16.0 Å². The second kappa shape index (κ2) is 6.38. The zero-order valence-corrected chi connectivity index (χ0v) is 11.4. The molecule has 0 saturated carbocycles. The van der Waals surface area contributed by atoms with Crippen LogP contribution in [0.2, 0.25) is 0 Å². The Morgan fingerprint density at radius 2 is 2.32 bits per heavy atom. The third-order valence-corrected chi connectivity index (χ3v) is 3.00. The maximum Gasteiger partial charge on any atom is 0.242 e. The molecule has 1 atom stereocenters. The zero-order valence-electron chi connectivity index (χ0n) is 10.6. The van der Waals surface area contributed by atoms with E-state index in [1.165, 1.54) is 6.20 Å². The van der Waals surface area contributed by atoms with E-state index in [1.807, 2.05) is 0 Å². The molecule has 0 aliphatic carbocycles. The van der Waals surface area contributed by atoms with Crippen LogP contribution in [0, 0.1) is 0 Å². The molecule has 3 N–H and O–H groups in total. The molecule has 1 aliphatic heterocycles. The van der Waals surface area contributed by atoms with Crippen molar-refractivity contribution in [1.82, 2.24) is 15.2 Å². The van der Waals surface area contributed by atoms with Crippen molar-refractivity contribution in [2.75, 3.05) is 18.8 Å². The predicted molar refractivity (Wildman–Crippen MR) is 73.8 cm³/mol. The predicted octanol–water partition coefficient (Wildman–Crippen LogP) is -0.0250. The van der Waals surface area contributed by atoms with Crippen molar-refractivity contribution in [3.8, 4) is 0 Å². The fourth-order valence-corrected chi connectivity index (χ4v) is 1.92. The monoisotopic (exact) mass is 284 g/mol. The summed E-state index contributed by atoms with van der Waals surface area (Å²) in [5.74, 6) is -0.200. The fourth-order valence-electron chi connectivity index (χ4n) is 1.92. The molecule has 2 amide bonds. The number of nitrogens with zero attached hydrogens (tertiary/aromatic N) is 2. The van der Waals surface area contributed by atoms with Crippen molar-refractivity contribution in [3.05, 3.63) is 24.0 Å². The van der Waals surface area contributed by atoms with Crippen LogP contribution in [0.1, 0.15) is 12.6 Å². The van der Waals surface area contributed by atoms with E-state index < -0.39 is 6.04 Å². The molecule has 2 rings (SSSR count). The molecule has 0 radical (unpaired) electrons. The Labute approximate surface area is 117 Å². The Balaban J connectivity index is 0.00000180. The molecule has 1 fully saturated rings. The van der Waals surface area contributed by atoms with Crippen LogP contribution in [0.3, 0.4) is 0 Å². The lowest BCUT2D eigenvalue weighted by Crippen LogP contribution is -2.56. The second-order valence-corrected chi connectivity index (χ2v) is 4.31. The van der Waals surface area contributed by atoms with Crippen LogP contribution in [0.15, 0.2) is 18.3 Å². The lowest BCUT2D eigenvalue weighted by Gasteiger charge is -2.32. The third kappa shape index (κ3) is 3.57. The quantitative estimate of drug-likeness (QED) is 0.798. The van der Waals surface area contributed by atoms with Crippen LogP contribution >= 0.6 is 12.4 Å². The number of carbonyl (C=O) groups excluding carboxylic acids is 2. The maximum absolute atomic E-state index is 12.1. The number of nitrogen functional groups attached to an aromatic ring is 1. The van der Waals surface area contributed by atoms with E-state index in [4.69, 9.17) is 5.73 Å². The number of amides is 2. The molecule has 2 heterocycles. The number of hydrogen-bond acceptors (Lipinski definition) is 4. The number of pyridine rings is 1. The summed E-state index contributed by atoms with van der Waals surface area (Å²) < 4.78 is 0. The number of nitrogens with two attached hydrogens (primary N) is 1. The number of nitrogens with one attached hydrogen (secondary N) is 1. The summed E-state index contributed by atoms with van der Waals surface area (Å²) >= 11 is 0. The second-order valence-electron chi connectivity index (χ2n) is 4.31. The Bertz CT molecular complexity index is 463. The highest BCUT2D eigenvalue weighted by atomic mass is 35.5. The first-order valence-electron chi connectivity index (χ1n) is 5.85. The lowest BCUT2D eigenvalue weighted by molar-refractivity contribution is -0.142. The highest BCUT2D eigenvalue weighted by molar-refractivity contribution is 5.89. The van der Waals surface area contributed by atoms with Gasteiger partial charge in [0.15, 0.2) is 0 Å². The van der Waals surface area contributed by atoms with Crippen LogP contribution in [0.4, 0.5) is 5.69 Å². The van der Waals surface area contributed by atoms with Crippen molar-refractivity contribution in [2.45, 2.75) is 19.4 Å². The summed E-state index contributed by atoms with van der Waals surface area (Å²) in [5.41, 5.74) is 6.76. The van der Waals surface area contributed by atoms with Gasteiger partial charge in [0.1, 0.15) is 6.04 Å². The van der Waals surface area contributed by atoms with E-state index in [2.05, 4.69) is 10.3 Å². The van der Waals surface area contributed by atoms with Gasteiger partial charge in [-0.25, -0.2) is 0 Å². The summed E-state index contributed by atoms with van der Waals surface area (Å²) in [6, 6.07) is 3.02. The number of aromatic nitrogens is 1. The third-order valence-electron chi connectivity index (χ3n) is 3.00. The van der Waals surface area contributed by atoms with Crippen LogP contribution in [-0.4, -0.2) is 40.8 Å². The summed E-state index contributed by atoms with van der Waals surface area (Å²) in [7, 11) is 0. The molecule has 1 aliphatic rings. The first-order chi connectivity index (χ1) is 8.58. The SMILES string of the molecule is CC1C(=O)NCCN1C(=O)Cc1ccc(N)cn1.Cl. The number of halogens is 1. The van der Waals surface area contributed by atoms with E-state index in [0.29, 0.717) is 24.5 Å². The van der Waals surface area contributed by atoms with Gasteiger partial charge in [0.2, 0.25) is 11.8 Å². The van der Waals surface area contributed by atoms with Gasteiger partial charge >= 0.3 is 0 Å². The molecule has 0 aromatic carbocycles. The lowest BCUT2D eigenvalue weighted by atomic mass is 10.1. The van der Waals surface area contributed by atoms with Crippen molar-refractivity contribution >= 4 is 29.9 Å². The van der Waals surface area contributed by atoms with Gasteiger partial charge in [-0.05, 0) is 19.1 Å². The maximum atomic E-state index is 12.1. The number of hydrogen-bond donors (Lipinski definition) is 2. The highest BCUT2D eigenvalue weighted by Crippen LogP contribution is 2.08. The molecule has 0 spiro atoms. The van der Waals surface area contributed by atoms with Gasteiger partial charge in [-0.3, -0.25) is 14.6 Å². The first kappa shape index (κ1) is 15.2. The smallest absolute Gasteiger partial charge is 0.242 e. The molecular weight excluding hydrogens is 268 g/mol. The minimum atomic E-state index is -0.417. The topological polar surface area (TPSA) is 88.3 Å². The number of rotatable bonds is 2. The van der Waals surface area contributed by atoms with Crippen LogP contribution in [-0.2, 0) is 16.0 Å². The molecule has 1 aromatic heterocycles. The molecule has 7 heteroatoms. The number of anilines is 1. The molecule has 1 aromatic rings. The number of piperazine rings is 1. The standard InChI is InChI=1S/C12H16N4O2.ClH/c1-8-12(18)14-4-5-16(8)11(17)6-10-3-2-9(13)7-15-10;/h2-3,7-8H,4-6,13H2,1H3,(H,14,18);1H. The minimum absolute atomic E-state index is 0. The molecule has 6 nitrogen and oxygen atoms in total. The average molecular weight is 285 g/mol. The van der Waals surface area contributed by atoms with E-state index in [9.17, 15) is 9.59 Å². The van der Waals surface area contributed by atoms with Gasteiger partial charge in [-0.15, -0.1) is 12.4 Å². The molecule has 0 bridgehead atoms. The van der Waals surface area contributed by atoms with Gasteiger partial charge in [0, 0.05) is 18.8 Å². The van der Waals surface area contributed by atoms with Crippen LogP contribution < -0.4 is 11.1 Å². The summed E-state index contributed by atoms with van der Waals surface area (Å²) in [5, 5.41) is 2.72. The van der Waals surface area contributed by atoms with Crippen LogP contribution in [0.5, 0.6) is 0 Å². The van der Waals surface area contributed by atoms with E-state index in [1.54, 1.807) is 24.0 Å². The van der Waals surface area contributed by atoms with Gasteiger partial charge in [0.25, 0.3) is 0 Å². The largest absolute Gasteiger partial charge is 0.397 e. The molecule has 1 saturated heterocycles. The fraction of sp³-hybridized carbons (Fsp3) is 0.417. The van der Waals surface area contributed by atoms with Gasteiger partial charge in [-0.1, -0.05) is 0 Å². The highest BCUT2D eigenvalue weighted by Gasteiger charge is 2.29. The normalized spacial score (nSPS) is 18.5. The van der Waals surface area contributed by atoms with Crippen molar-refractivity contribution in [1.29, 1.82) is 0 Å². The molecular formula is C12H17ClN4O2. The van der Waals surface area contributed by atoms with Gasteiger partial charge in [-0.2, -0.15) is 0 Å². The Morgan fingerprint density at radius 1 is 1.58 bits per heavy atom. The van der Waals surface area contributed by atoms with E-state index in [-0.39, 0.29) is 30.6 Å². The molecule has 1 unspecified atom stereocenters. The van der Waals surface area contributed by atoms with Crippen LogP contribution in [0.25, 0.3) is 0 Å². The van der Waals surface area contributed by atoms with E-state index in [0.717, 1.165) is 0 Å². The van der Waals surface area contributed by atoms with Gasteiger partial charge in [0.05, 0.1) is 18.3 Å². The Hall–Kier alpha value is -1.82.